The number of ether oxygens (including phenoxy) is 2. The smallest absolute Gasteiger partial charge is 0.293 e. The minimum atomic E-state index is -4.36. The molecule has 1 saturated carbocycles. The van der Waals surface area contributed by atoms with Crippen molar-refractivity contribution in [2.24, 2.45) is 11.3 Å². The summed E-state index contributed by atoms with van der Waals surface area (Å²) in [6.07, 6.45) is 7.39. The highest BCUT2D eigenvalue weighted by atomic mass is 32.2. The molecular formula is C39H49N5O7S. The predicted octanol–water partition coefficient (Wildman–Crippen LogP) is 6.07. The van der Waals surface area contributed by atoms with Crippen molar-refractivity contribution in [3.8, 4) is 0 Å². The van der Waals surface area contributed by atoms with Crippen molar-refractivity contribution < 1.29 is 27.6 Å². The van der Waals surface area contributed by atoms with E-state index in [1.54, 1.807) is 12.1 Å². The van der Waals surface area contributed by atoms with E-state index in [1.807, 2.05) is 12.1 Å². The molecule has 1 atom stereocenters. The molecular weight excluding hydrogens is 683 g/mol. The highest BCUT2D eigenvalue weighted by Gasteiger charge is 2.49. The number of nitro benzene ring substituents is 1. The molecule has 278 valence electrons. The molecule has 1 amide bonds. The molecule has 0 radical (unpaired) electrons. The Morgan fingerprint density at radius 2 is 1.69 bits per heavy atom. The number of piperidine rings is 1. The van der Waals surface area contributed by atoms with E-state index in [9.17, 15) is 23.3 Å². The molecule has 2 N–H and O–H groups in total. The van der Waals surface area contributed by atoms with Crippen molar-refractivity contribution >= 4 is 33.0 Å². The van der Waals surface area contributed by atoms with Crippen LogP contribution in [0.3, 0.4) is 0 Å². The first-order chi connectivity index (χ1) is 25.1. The van der Waals surface area contributed by atoms with Crippen LogP contribution < -0.4 is 14.9 Å². The fraction of sp³-hybridized carbons (Fsp3) is 0.513. The Kier molecular flexibility index (Phi) is 10.8. The molecule has 3 aromatic carbocycles. The number of carbonyl (C=O) groups is 1. The molecule has 3 heterocycles. The molecule has 0 unspecified atom stereocenters. The van der Waals surface area contributed by atoms with Crippen LogP contribution in [0.15, 0.2) is 71.6 Å². The fourth-order valence-corrected chi connectivity index (χ4v) is 9.53. The van der Waals surface area contributed by atoms with Gasteiger partial charge in [0.15, 0.2) is 0 Å². The third kappa shape index (κ3) is 7.97. The number of amides is 1. The van der Waals surface area contributed by atoms with E-state index < -0.39 is 20.9 Å². The molecule has 0 aromatic heterocycles. The van der Waals surface area contributed by atoms with Gasteiger partial charge in [0.25, 0.3) is 21.6 Å². The molecule has 4 fully saturated rings. The van der Waals surface area contributed by atoms with Crippen molar-refractivity contribution in [3.05, 3.63) is 93.5 Å². The van der Waals surface area contributed by atoms with E-state index in [4.69, 9.17) is 9.47 Å². The van der Waals surface area contributed by atoms with Crippen LogP contribution >= 0.6 is 0 Å². The predicted molar refractivity (Wildman–Crippen MR) is 199 cm³/mol. The van der Waals surface area contributed by atoms with Gasteiger partial charge in [0.05, 0.1) is 22.5 Å². The van der Waals surface area contributed by atoms with Gasteiger partial charge in [-0.25, -0.2) is 13.1 Å². The summed E-state index contributed by atoms with van der Waals surface area (Å²) in [7, 11) is -4.36. The van der Waals surface area contributed by atoms with E-state index >= 15 is 0 Å². The fourth-order valence-electron chi connectivity index (χ4n) is 8.53. The van der Waals surface area contributed by atoms with Gasteiger partial charge in [-0.1, -0.05) is 24.3 Å². The van der Waals surface area contributed by atoms with E-state index in [2.05, 4.69) is 51.0 Å². The summed E-state index contributed by atoms with van der Waals surface area (Å²) in [6, 6.07) is 20.2. The van der Waals surface area contributed by atoms with Crippen LogP contribution in [0.1, 0.15) is 72.5 Å². The van der Waals surface area contributed by atoms with Crippen molar-refractivity contribution in [1.82, 2.24) is 9.62 Å². The van der Waals surface area contributed by atoms with Crippen molar-refractivity contribution in [2.45, 2.75) is 68.8 Å². The second-order valence-electron chi connectivity index (χ2n) is 14.9. The number of aryl methyl sites for hydroxylation is 1. The van der Waals surface area contributed by atoms with E-state index in [0.29, 0.717) is 43.2 Å². The van der Waals surface area contributed by atoms with Gasteiger partial charge in [-0.15, -0.1) is 0 Å². The number of hydrogen-bond donors (Lipinski definition) is 2. The highest BCUT2D eigenvalue weighted by Crippen LogP contribution is 2.53. The van der Waals surface area contributed by atoms with Gasteiger partial charge >= 0.3 is 0 Å². The van der Waals surface area contributed by atoms with Crippen LogP contribution in [0.5, 0.6) is 0 Å². The summed E-state index contributed by atoms with van der Waals surface area (Å²) in [4.78, 5) is 29.0. The lowest BCUT2D eigenvalue weighted by Gasteiger charge is -2.56. The van der Waals surface area contributed by atoms with Crippen LogP contribution in [0.4, 0.5) is 17.1 Å². The van der Waals surface area contributed by atoms with Crippen molar-refractivity contribution in [3.63, 3.8) is 0 Å². The standard InChI is InChI=1S/C39H49N5O7S/c1-28-5-2-3-6-34(28)37-27-51-20-4-17-43(37)32-24-39(25-32)15-18-42(19-16-39)31-9-7-30(8-10-31)38(45)41-52(48,49)33-11-12-35(36(23-33)44(46)47)40-26-29-13-21-50-22-14-29/h2-3,5-12,23,29,32,37,40H,4,13-22,24-27H2,1H3,(H,41,45)/t37-/m1/s1. The maximum absolute atomic E-state index is 13.2. The van der Waals surface area contributed by atoms with Crippen LogP contribution in [0.25, 0.3) is 0 Å². The average Bonchev–Trinajstić information content (AvgIpc) is 3.39. The minimum absolute atomic E-state index is 0.191. The molecule has 52 heavy (non-hydrogen) atoms. The molecule has 3 aromatic rings. The Balaban J connectivity index is 0.929. The Labute approximate surface area is 306 Å². The molecule has 12 nitrogen and oxygen atoms in total. The molecule has 1 spiro atoms. The Bertz CT molecular complexity index is 1850. The van der Waals surface area contributed by atoms with Crippen molar-refractivity contribution in [2.75, 3.05) is 62.8 Å². The Morgan fingerprint density at radius 1 is 0.962 bits per heavy atom. The van der Waals surface area contributed by atoms with Gasteiger partial charge in [0.2, 0.25) is 0 Å². The number of nitrogens with one attached hydrogen (secondary N) is 2. The SMILES string of the molecule is Cc1ccccc1[C@H]1COCCCN1C1CC2(CCN(c3ccc(C(=O)NS(=O)(=O)c4ccc(NCC5CCOCC5)c([N+](=O)[O-])c4)cc3)CC2)C1. The number of nitro groups is 1. The third-order valence-corrected chi connectivity index (χ3v) is 13.0. The number of carbonyl (C=O) groups excluding carboxylic acids is 1. The number of benzene rings is 3. The normalized spacial score (nSPS) is 21.6. The maximum atomic E-state index is 13.2. The van der Waals surface area contributed by atoms with Gasteiger partial charge < -0.3 is 19.7 Å². The van der Waals surface area contributed by atoms with E-state index in [1.165, 1.54) is 36.1 Å². The summed E-state index contributed by atoms with van der Waals surface area (Å²) in [6.45, 7) is 8.49. The zero-order chi connectivity index (χ0) is 36.3. The van der Waals surface area contributed by atoms with Gasteiger partial charge in [-0.05, 0) is 111 Å². The Hall–Kier alpha value is -4.04. The Morgan fingerprint density at radius 3 is 2.40 bits per heavy atom. The summed E-state index contributed by atoms with van der Waals surface area (Å²) < 4.78 is 39.8. The zero-order valence-corrected chi connectivity index (χ0v) is 30.6. The van der Waals surface area contributed by atoms with E-state index in [-0.39, 0.29) is 21.8 Å². The van der Waals surface area contributed by atoms with Crippen LogP contribution in [-0.4, -0.2) is 82.8 Å². The molecule has 3 saturated heterocycles. The molecule has 4 aliphatic rings. The van der Waals surface area contributed by atoms with Gasteiger partial charge in [-0.2, -0.15) is 0 Å². The van der Waals surface area contributed by atoms with Crippen molar-refractivity contribution in [1.29, 1.82) is 0 Å². The first-order valence-electron chi connectivity index (χ1n) is 18.5. The van der Waals surface area contributed by atoms with Gasteiger partial charge in [0.1, 0.15) is 5.69 Å². The maximum Gasteiger partial charge on any atom is 0.293 e. The topological polar surface area (TPSA) is 143 Å². The number of nitrogens with zero attached hydrogens (tertiary/aromatic N) is 3. The quantitative estimate of drug-likeness (QED) is 0.186. The van der Waals surface area contributed by atoms with Crippen LogP contribution in [0, 0.1) is 28.4 Å². The second kappa shape index (κ2) is 15.5. The second-order valence-corrected chi connectivity index (χ2v) is 16.6. The summed E-state index contributed by atoms with van der Waals surface area (Å²) in [5, 5.41) is 14.9. The summed E-state index contributed by atoms with van der Waals surface area (Å²) >= 11 is 0. The monoisotopic (exact) mass is 731 g/mol. The molecule has 1 aliphatic carbocycles. The third-order valence-electron chi connectivity index (χ3n) is 11.7. The number of rotatable bonds is 10. The first kappa shape index (κ1) is 36.3. The van der Waals surface area contributed by atoms with Gasteiger partial charge in [0, 0.05) is 69.4 Å². The largest absolute Gasteiger partial charge is 0.381 e. The number of sulfonamides is 1. The molecule has 13 heteroatoms. The number of anilines is 2. The minimum Gasteiger partial charge on any atom is -0.381 e. The highest BCUT2D eigenvalue weighted by molar-refractivity contribution is 7.90. The number of hydrogen-bond acceptors (Lipinski definition) is 10. The first-order valence-corrected chi connectivity index (χ1v) is 20.0. The summed E-state index contributed by atoms with van der Waals surface area (Å²) in [5.41, 5.74) is 4.11. The summed E-state index contributed by atoms with van der Waals surface area (Å²) in [5.74, 6) is -0.481. The zero-order valence-electron chi connectivity index (χ0n) is 29.8. The van der Waals surface area contributed by atoms with E-state index in [0.717, 1.165) is 76.7 Å². The van der Waals surface area contributed by atoms with Gasteiger partial charge in [-0.3, -0.25) is 19.8 Å². The average molecular weight is 732 g/mol. The lowest BCUT2D eigenvalue weighted by Crippen LogP contribution is -2.56. The molecule has 3 aliphatic heterocycles. The van der Waals surface area contributed by atoms with Crippen LogP contribution in [0.2, 0.25) is 0 Å². The lowest BCUT2D eigenvalue weighted by atomic mass is 9.59. The van der Waals surface area contributed by atoms with Crippen LogP contribution in [-0.2, 0) is 19.5 Å². The lowest BCUT2D eigenvalue weighted by molar-refractivity contribution is -0.384. The molecule has 7 rings (SSSR count). The molecule has 0 bridgehead atoms.